The zero-order valence-electron chi connectivity index (χ0n) is 17.8. The maximum Gasteiger partial charge on any atom is 0.191 e. The number of methoxy groups -OCH3 is 3. The zero-order valence-corrected chi connectivity index (χ0v) is 20.2. The first kappa shape index (κ1) is 24.8. The standard InChI is InChI=1S/C21H35N3O3.HI/c1-16(14-25-3)24-20(22-2)23-15-21(11-7-6-8-12-21)17-9-10-18(26-4)19(13-17)27-5;/h9-10,13,16H,6-8,11-12,14-15H2,1-5H3,(H2,22,23,24);1H. The number of hydrogen-bond acceptors (Lipinski definition) is 4. The largest absolute Gasteiger partial charge is 0.493 e. The van der Waals surface area contributed by atoms with Crippen molar-refractivity contribution in [1.82, 2.24) is 10.6 Å². The lowest BCUT2D eigenvalue weighted by molar-refractivity contribution is 0.178. The predicted octanol–water partition coefficient (Wildman–Crippen LogP) is 3.72. The minimum atomic E-state index is 0. The molecule has 2 rings (SSSR count). The summed E-state index contributed by atoms with van der Waals surface area (Å²) < 4.78 is 16.2. The van der Waals surface area contributed by atoms with Gasteiger partial charge in [0.1, 0.15) is 0 Å². The average molecular weight is 505 g/mol. The highest BCUT2D eigenvalue weighted by molar-refractivity contribution is 14.0. The van der Waals surface area contributed by atoms with Crippen LogP contribution in [-0.2, 0) is 10.2 Å². The fourth-order valence-corrected chi connectivity index (χ4v) is 3.93. The van der Waals surface area contributed by atoms with Gasteiger partial charge in [-0.05, 0) is 37.5 Å². The van der Waals surface area contributed by atoms with E-state index in [1.165, 1.54) is 24.8 Å². The number of aliphatic imine (C=N–C) groups is 1. The summed E-state index contributed by atoms with van der Waals surface area (Å²) in [6.45, 7) is 3.56. The minimum Gasteiger partial charge on any atom is -0.493 e. The van der Waals surface area contributed by atoms with Crippen LogP contribution in [0.4, 0.5) is 0 Å². The van der Waals surface area contributed by atoms with Gasteiger partial charge in [-0.25, -0.2) is 0 Å². The molecule has 1 unspecified atom stereocenters. The molecule has 6 nitrogen and oxygen atoms in total. The predicted molar refractivity (Wildman–Crippen MR) is 126 cm³/mol. The number of benzene rings is 1. The Morgan fingerprint density at radius 3 is 2.36 bits per heavy atom. The van der Waals surface area contributed by atoms with E-state index in [0.29, 0.717) is 6.61 Å². The van der Waals surface area contributed by atoms with Crippen LogP contribution in [-0.4, -0.2) is 53.5 Å². The van der Waals surface area contributed by atoms with E-state index in [9.17, 15) is 0 Å². The van der Waals surface area contributed by atoms with E-state index >= 15 is 0 Å². The summed E-state index contributed by atoms with van der Waals surface area (Å²) in [6.07, 6.45) is 6.08. The van der Waals surface area contributed by atoms with Gasteiger partial charge in [0.2, 0.25) is 0 Å². The van der Waals surface area contributed by atoms with E-state index < -0.39 is 0 Å². The van der Waals surface area contributed by atoms with Crippen LogP contribution in [0.5, 0.6) is 11.5 Å². The third-order valence-corrected chi connectivity index (χ3v) is 5.42. The lowest BCUT2D eigenvalue weighted by Crippen LogP contribution is -2.49. The summed E-state index contributed by atoms with van der Waals surface area (Å²) in [4.78, 5) is 4.37. The average Bonchev–Trinajstić information content (AvgIpc) is 2.71. The molecule has 0 heterocycles. The fourth-order valence-electron chi connectivity index (χ4n) is 3.93. The molecule has 1 atom stereocenters. The van der Waals surface area contributed by atoms with Crippen LogP contribution < -0.4 is 20.1 Å². The molecule has 1 aromatic carbocycles. The van der Waals surface area contributed by atoms with Gasteiger partial charge in [0.25, 0.3) is 0 Å². The van der Waals surface area contributed by atoms with Crippen molar-refractivity contribution in [2.24, 2.45) is 4.99 Å². The monoisotopic (exact) mass is 505 g/mol. The second kappa shape index (κ2) is 12.4. The molecule has 2 N–H and O–H groups in total. The molecule has 1 aliphatic carbocycles. The molecule has 0 spiro atoms. The van der Waals surface area contributed by atoms with Crippen molar-refractivity contribution in [1.29, 1.82) is 0 Å². The van der Waals surface area contributed by atoms with Crippen LogP contribution in [0.2, 0.25) is 0 Å². The van der Waals surface area contributed by atoms with Crippen LogP contribution in [0.15, 0.2) is 23.2 Å². The van der Waals surface area contributed by atoms with Crippen molar-refractivity contribution < 1.29 is 14.2 Å². The van der Waals surface area contributed by atoms with Crippen LogP contribution in [0.1, 0.15) is 44.6 Å². The van der Waals surface area contributed by atoms with Crippen molar-refractivity contribution in [2.45, 2.75) is 50.5 Å². The maximum absolute atomic E-state index is 5.54. The van der Waals surface area contributed by atoms with E-state index in [4.69, 9.17) is 14.2 Å². The molecule has 0 aliphatic heterocycles. The highest BCUT2D eigenvalue weighted by Crippen LogP contribution is 2.42. The molecular formula is C21H36IN3O3. The molecule has 1 aliphatic rings. The first-order valence-corrected chi connectivity index (χ1v) is 9.77. The van der Waals surface area contributed by atoms with Gasteiger partial charge in [-0.1, -0.05) is 25.3 Å². The van der Waals surface area contributed by atoms with Crippen molar-refractivity contribution >= 4 is 29.9 Å². The number of guanidine groups is 1. The van der Waals surface area contributed by atoms with Crippen molar-refractivity contribution in [2.75, 3.05) is 41.5 Å². The van der Waals surface area contributed by atoms with E-state index in [1.807, 2.05) is 6.07 Å². The Hall–Kier alpha value is -1.22. The molecule has 28 heavy (non-hydrogen) atoms. The van der Waals surface area contributed by atoms with E-state index in [0.717, 1.165) is 36.8 Å². The summed E-state index contributed by atoms with van der Waals surface area (Å²) in [5.41, 5.74) is 1.37. The summed E-state index contributed by atoms with van der Waals surface area (Å²) >= 11 is 0. The molecule has 0 radical (unpaired) electrons. The summed E-state index contributed by atoms with van der Waals surface area (Å²) in [5, 5.41) is 6.93. The molecular weight excluding hydrogens is 469 g/mol. The number of rotatable bonds is 8. The smallest absolute Gasteiger partial charge is 0.191 e. The Morgan fingerprint density at radius 1 is 1.11 bits per heavy atom. The quantitative estimate of drug-likeness (QED) is 0.321. The summed E-state index contributed by atoms with van der Waals surface area (Å²) in [6, 6.07) is 6.52. The van der Waals surface area contributed by atoms with Gasteiger partial charge in [0.15, 0.2) is 17.5 Å². The Balaban J connectivity index is 0.00000392. The Kier molecular flexibility index (Phi) is 11.0. The van der Waals surface area contributed by atoms with E-state index in [-0.39, 0.29) is 35.4 Å². The molecule has 160 valence electrons. The second-order valence-electron chi connectivity index (χ2n) is 7.34. The Bertz CT molecular complexity index is 619. The Labute approximate surface area is 186 Å². The van der Waals surface area contributed by atoms with Crippen LogP contribution >= 0.6 is 24.0 Å². The summed E-state index contributed by atoms with van der Waals surface area (Å²) in [5.74, 6) is 2.37. The van der Waals surface area contributed by atoms with Gasteiger partial charge < -0.3 is 24.8 Å². The number of halogens is 1. The third kappa shape index (κ3) is 6.40. The first-order chi connectivity index (χ1) is 13.1. The molecule has 0 saturated heterocycles. The lowest BCUT2D eigenvalue weighted by atomic mass is 9.69. The van der Waals surface area contributed by atoms with Gasteiger partial charge >= 0.3 is 0 Å². The first-order valence-electron chi connectivity index (χ1n) is 9.77. The number of hydrogen-bond donors (Lipinski definition) is 2. The van der Waals surface area contributed by atoms with Crippen molar-refractivity contribution in [3.63, 3.8) is 0 Å². The normalized spacial score (nSPS) is 17.2. The van der Waals surface area contributed by atoms with Crippen molar-refractivity contribution in [3.8, 4) is 11.5 Å². The zero-order chi connectivity index (χ0) is 19.7. The maximum atomic E-state index is 5.54. The molecule has 1 saturated carbocycles. The summed E-state index contributed by atoms with van der Waals surface area (Å²) in [7, 11) is 6.88. The van der Waals surface area contributed by atoms with E-state index in [1.54, 1.807) is 28.4 Å². The molecule has 1 aromatic rings. The second-order valence-corrected chi connectivity index (χ2v) is 7.34. The number of nitrogens with zero attached hydrogens (tertiary/aromatic N) is 1. The molecule has 7 heteroatoms. The van der Waals surface area contributed by atoms with Crippen LogP contribution in [0.3, 0.4) is 0 Å². The van der Waals surface area contributed by atoms with Gasteiger partial charge in [-0.15, -0.1) is 24.0 Å². The molecule has 0 amide bonds. The highest BCUT2D eigenvalue weighted by atomic mass is 127. The van der Waals surface area contributed by atoms with Gasteiger partial charge in [0.05, 0.1) is 20.8 Å². The van der Waals surface area contributed by atoms with Gasteiger partial charge in [0, 0.05) is 32.2 Å². The minimum absolute atomic E-state index is 0. The van der Waals surface area contributed by atoms with Crippen molar-refractivity contribution in [3.05, 3.63) is 23.8 Å². The lowest BCUT2D eigenvalue weighted by Gasteiger charge is -2.39. The topological polar surface area (TPSA) is 64.1 Å². The Morgan fingerprint density at radius 2 is 1.79 bits per heavy atom. The molecule has 0 aromatic heterocycles. The third-order valence-electron chi connectivity index (χ3n) is 5.42. The molecule has 1 fully saturated rings. The van der Waals surface area contributed by atoms with Gasteiger partial charge in [-0.3, -0.25) is 4.99 Å². The molecule has 0 bridgehead atoms. The SMILES string of the molecule is CN=C(NCC1(c2ccc(OC)c(OC)c2)CCCCC1)NC(C)COC.I. The highest BCUT2D eigenvalue weighted by Gasteiger charge is 2.34. The number of nitrogens with one attached hydrogen (secondary N) is 2. The fraction of sp³-hybridized carbons (Fsp3) is 0.667. The van der Waals surface area contributed by atoms with Crippen LogP contribution in [0.25, 0.3) is 0 Å². The number of ether oxygens (including phenoxy) is 3. The van der Waals surface area contributed by atoms with Gasteiger partial charge in [-0.2, -0.15) is 0 Å². The van der Waals surface area contributed by atoms with E-state index in [2.05, 4.69) is 34.7 Å². The van der Waals surface area contributed by atoms with Crippen LogP contribution in [0, 0.1) is 0 Å².